The Labute approximate surface area is 217 Å². The van der Waals surface area contributed by atoms with Crippen molar-refractivity contribution in [2.24, 2.45) is 0 Å². The first-order chi connectivity index (χ1) is 16.7. The van der Waals surface area contributed by atoms with Crippen LogP contribution in [0.15, 0.2) is 48.0 Å². The van der Waals surface area contributed by atoms with E-state index in [9.17, 15) is 14.9 Å². The van der Waals surface area contributed by atoms with Crippen molar-refractivity contribution < 1.29 is 19.1 Å². The summed E-state index contributed by atoms with van der Waals surface area (Å²) >= 11 is 13.4. The van der Waals surface area contributed by atoms with Gasteiger partial charge in [-0.2, -0.15) is 5.26 Å². The molecule has 0 saturated heterocycles. The van der Waals surface area contributed by atoms with Crippen LogP contribution >= 0.6 is 34.5 Å². The minimum atomic E-state index is -0.644. The molecular weight excluding hydrogens is 507 g/mol. The number of rotatable bonds is 8. The van der Waals surface area contributed by atoms with Crippen molar-refractivity contribution in [1.82, 2.24) is 0 Å². The van der Waals surface area contributed by atoms with Crippen LogP contribution in [0.4, 0.5) is 5.00 Å². The number of esters is 1. The van der Waals surface area contributed by atoms with E-state index < -0.39 is 11.9 Å². The molecule has 1 heterocycles. The first kappa shape index (κ1) is 26.3. The topological polar surface area (TPSA) is 88.4 Å². The lowest BCUT2D eigenvalue weighted by Gasteiger charge is -2.11. The van der Waals surface area contributed by atoms with Gasteiger partial charge in [0.05, 0.1) is 12.2 Å². The van der Waals surface area contributed by atoms with Gasteiger partial charge in [-0.1, -0.05) is 47.5 Å². The molecule has 0 aliphatic heterocycles. The van der Waals surface area contributed by atoms with Crippen molar-refractivity contribution in [3.8, 4) is 11.8 Å². The SMILES string of the molecule is CCOC(=O)c1c(NC(=O)C(C#N)=Cc2ccccc2OCc2ccc(Cl)cc2Cl)sc(C)c1C. The van der Waals surface area contributed by atoms with E-state index in [2.05, 4.69) is 5.32 Å². The Morgan fingerprint density at radius 2 is 1.91 bits per heavy atom. The van der Waals surface area contributed by atoms with E-state index in [1.165, 1.54) is 17.4 Å². The molecule has 9 heteroatoms. The molecule has 0 radical (unpaired) electrons. The second-order valence-electron chi connectivity index (χ2n) is 7.39. The number of nitriles is 1. The smallest absolute Gasteiger partial charge is 0.341 e. The number of halogens is 2. The molecule has 35 heavy (non-hydrogen) atoms. The molecule has 0 spiro atoms. The number of carbonyl (C=O) groups is 2. The molecule has 1 N–H and O–H groups in total. The van der Waals surface area contributed by atoms with E-state index in [0.717, 1.165) is 16.0 Å². The first-order valence-corrected chi connectivity index (χ1v) is 12.2. The molecule has 0 fully saturated rings. The maximum Gasteiger partial charge on any atom is 0.341 e. The van der Waals surface area contributed by atoms with Gasteiger partial charge in [0.25, 0.3) is 5.91 Å². The molecule has 3 rings (SSSR count). The number of benzene rings is 2. The number of thiophene rings is 1. The predicted octanol–water partition coefficient (Wildman–Crippen LogP) is 6.97. The van der Waals surface area contributed by atoms with Crippen LogP contribution in [0.5, 0.6) is 5.75 Å². The highest BCUT2D eigenvalue weighted by Crippen LogP contribution is 2.33. The quantitative estimate of drug-likeness (QED) is 0.193. The van der Waals surface area contributed by atoms with Crippen molar-refractivity contribution in [2.75, 3.05) is 11.9 Å². The largest absolute Gasteiger partial charge is 0.488 e. The number of aryl methyl sites for hydroxylation is 1. The van der Waals surface area contributed by atoms with Gasteiger partial charge < -0.3 is 14.8 Å². The molecule has 0 bridgehead atoms. The molecule has 6 nitrogen and oxygen atoms in total. The monoisotopic (exact) mass is 528 g/mol. The molecular formula is C26H22Cl2N2O4S. The first-order valence-electron chi connectivity index (χ1n) is 10.6. The number of nitrogens with one attached hydrogen (secondary N) is 1. The molecule has 0 atom stereocenters. The highest BCUT2D eigenvalue weighted by atomic mass is 35.5. The van der Waals surface area contributed by atoms with E-state index in [-0.39, 0.29) is 18.8 Å². The zero-order valence-corrected chi connectivity index (χ0v) is 21.6. The summed E-state index contributed by atoms with van der Waals surface area (Å²) in [6.45, 7) is 5.73. The molecule has 1 aromatic heterocycles. The number of nitrogens with zero attached hydrogens (tertiary/aromatic N) is 1. The van der Waals surface area contributed by atoms with E-state index in [0.29, 0.717) is 31.9 Å². The average Bonchev–Trinajstić information content (AvgIpc) is 3.10. The maximum atomic E-state index is 13.0. The number of anilines is 1. The van der Waals surface area contributed by atoms with Gasteiger partial charge in [-0.15, -0.1) is 11.3 Å². The third-order valence-electron chi connectivity index (χ3n) is 5.07. The van der Waals surface area contributed by atoms with Crippen LogP contribution in [-0.4, -0.2) is 18.5 Å². The Hall–Kier alpha value is -3.31. The van der Waals surface area contributed by atoms with E-state index in [4.69, 9.17) is 32.7 Å². The van der Waals surface area contributed by atoms with Gasteiger partial charge in [0.1, 0.15) is 29.0 Å². The number of ether oxygens (including phenoxy) is 2. The van der Waals surface area contributed by atoms with E-state index in [1.807, 2.05) is 13.0 Å². The summed E-state index contributed by atoms with van der Waals surface area (Å²) in [4.78, 5) is 26.2. The Morgan fingerprint density at radius 1 is 1.17 bits per heavy atom. The third kappa shape index (κ3) is 6.43. The van der Waals surface area contributed by atoms with E-state index in [1.54, 1.807) is 56.3 Å². The summed E-state index contributed by atoms with van der Waals surface area (Å²) in [5, 5.41) is 13.7. The number of hydrogen-bond acceptors (Lipinski definition) is 6. The fourth-order valence-corrected chi connectivity index (χ4v) is 4.67. The Bertz CT molecular complexity index is 1340. The molecule has 0 saturated carbocycles. The molecule has 2 aromatic carbocycles. The summed E-state index contributed by atoms with van der Waals surface area (Å²) in [6, 6.07) is 14.1. The highest BCUT2D eigenvalue weighted by molar-refractivity contribution is 7.16. The number of amides is 1. The molecule has 0 unspecified atom stereocenters. The highest BCUT2D eigenvalue weighted by Gasteiger charge is 2.23. The van der Waals surface area contributed by atoms with Gasteiger partial charge in [-0.3, -0.25) is 4.79 Å². The fourth-order valence-electron chi connectivity index (χ4n) is 3.16. The number of para-hydroxylation sites is 1. The third-order valence-corrected chi connectivity index (χ3v) is 6.78. The summed E-state index contributed by atoms with van der Waals surface area (Å²) in [6.07, 6.45) is 1.44. The van der Waals surface area contributed by atoms with Crippen molar-refractivity contribution in [2.45, 2.75) is 27.4 Å². The molecule has 180 valence electrons. The fraction of sp³-hybridized carbons (Fsp3) is 0.192. The van der Waals surface area contributed by atoms with Gasteiger partial charge in [0, 0.05) is 26.0 Å². The van der Waals surface area contributed by atoms with Crippen molar-refractivity contribution in [3.63, 3.8) is 0 Å². The summed E-state index contributed by atoms with van der Waals surface area (Å²) in [5.74, 6) is -0.698. The predicted molar refractivity (Wildman–Crippen MR) is 139 cm³/mol. The van der Waals surface area contributed by atoms with Gasteiger partial charge in [-0.05, 0) is 50.6 Å². The summed E-state index contributed by atoms with van der Waals surface area (Å²) in [5.41, 5.74) is 2.15. The average molecular weight is 529 g/mol. The van der Waals surface area contributed by atoms with Crippen LogP contribution in [0.3, 0.4) is 0 Å². The molecule has 0 aliphatic rings. The van der Waals surface area contributed by atoms with Crippen molar-refractivity contribution in [1.29, 1.82) is 5.26 Å². The maximum absolute atomic E-state index is 13.0. The Balaban J connectivity index is 1.84. The minimum absolute atomic E-state index is 0.149. The lowest BCUT2D eigenvalue weighted by molar-refractivity contribution is -0.112. The van der Waals surface area contributed by atoms with Gasteiger partial charge in [0.15, 0.2) is 0 Å². The molecule has 3 aromatic rings. The zero-order chi connectivity index (χ0) is 25.5. The van der Waals surface area contributed by atoms with Crippen LogP contribution in [0.1, 0.15) is 38.8 Å². The Kier molecular flexibility index (Phi) is 8.94. The number of carbonyl (C=O) groups excluding carboxylic acids is 2. The molecule has 0 aliphatic carbocycles. The van der Waals surface area contributed by atoms with Gasteiger partial charge in [-0.25, -0.2) is 4.79 Å². The van der Waals surface area contributed by atoms with Crippen molar-refractivity contribution in [3.05, 3.63) is 85.2 Å². The minimum Gasteiger partial charge on any atom is -0.488 e. The van der Waals surface area contributed by atoms with Crippen LogP contribution in [0.2, 0.25) is 10.0 Å². The second kappa shape index (κ2) is 11.9. The van der Waals surface area contributed by atoms with Crippen molar-refractivity contribution >= 4 is 57.5 Å². The molecule has 1 amide bonds. The summed E-state index contributed by atoms with van der Waals surface area (Å²) < 4.78 is 11.0. The zero-order valence-electron chi connectivity index (χ0n) is 19.3. The number of hydrogen-bond donors (Lipinski definition) is 1. The summed E-state index contributed by atoms with van der Waals surface area (Å²) in [7, 11) is 0. The van der Waals surface area contributed by atoms with Crippen LogP contribution < -0.4 is 10.1 Å². The second-order valence-corrected chi connectivity index (χ2v) is 9.46. The van der Waals surface area contributed by atoms with E-state index >= 15 is 0 Å². The normalized spacial score (nSPS) is 11.0. The Morgan fingerprint density at radius 3 is 2.60 bits per heavy atom. The van der Waals surface area contributed by atoms with Crippen LogP contribution in [-0.2, 0) is 16.1 Å². The lowest BCUT2D eigenvalue weighted by Crippen LogP contribution is -2.16. The lowest BCUT2D eigenvalue weighted by atomic mass is 10.1. The standard InChI is InChI=1S/C26H22Cl2N2O4S/c1-4-33-26(32)23-15(2)16(3)35-25(23)30-24(31)19(13-29)11-17-7-5-6-8-22(17)34-14-18-9-10-20(27)12-21(18)28/h5-12H,4,14H2,1-3H3,(H,30,31). The van der Waals surface area contributed by atoms with Crippen LogP contribution in [0, 0.1) is 25.2 Å². The van der Waals surface area contributed by atoms with Gasteiger partial charge >= 0.3 is 5.97 Å². The van der Waals surface area contributed by atoms with Crippen LogP contribution in [0.25, 0.3) is 6.08 Å². The van der Waals surface area contributed by atoms with Gasteiger partial charge in [0.2, 0.25) is 0 Å².